The van der Waals surface area contributed by atoms with Crippen LogP contribution >= 0.6 is 11.3 Å². The number of carbonyl (C=O) groups is 1. The molecule has 3 nitrogen and oxygen atoms in total. The molecule has 100 valence electrons. The van der Waals surface area contributed by atoms with Gasteiger partial charge in [0.25, 0.3) is 5.91 Å². The minimum Gasteiger partial charge on any atom is -0.391 e. The molecular formula is C15H17NO2S. The molecule has 0 fully saturated rings. The summed E-state index contributed by atoms with van der Waals surface area (Å²) < 4.78 is 0. The Hall–Kier alpha value is -1.65. The summed E-state index contributed by atoms with van der Waals surface area (Å²) in [5, 5.41) is 14.6. The van der Waals surface area contributed by atoms with Crippen molar-refractivity contribution in [3.05, 3.63) is 57.8 Å². The summed E-state index contributed by atoms with van der Waals surface area (Å²) in [6.07, 6.45) is -0.0164. The van der Waals surface area contributed by atoms with Crippen LogP contribution in [0.15, 0.2) is 41.8 Å². The van der Waals surface area contributed by atoms with Crippen molar-refractivity contribution >= 4 is 17.2 Å². The van der Waals surface area contributed by atoms with E-state index in [0.29, 0.717) is 11.3 Å². The molecule has 1 atom stereocenters. The molecule has 0 aliphatic heterocycles. The van der Waals surface area contributed by atoms with Crippen molar-refractivity contribution in [2.75, 3.05) is 6.54 Å². The molecule has 2 aromatic rings. The van der Waals surface area contributed by atoms with Gasteiger partial charge in [-0.05, 0) is 29.5 Å². The molecule has 2 rings (SSSR count). The minimum absolute atomic E-state index is 0.120. The van der Waals surface area contributed by atoms with Crippen molar-refractivity contribution < 1.29 is 9.90 Å². The number of aliphatic hydroxyl groups is 1. The van der Waals surface area contributed by atoms with Crippen LogP contribution in [0.2, 0.25) is 0 Å². The third-order valence-electron chi connectivity index (χ3n) is 2.77. The first kappa shape index (κ1) is 13.8. The van der Waals surface area contributed by atoms with Crippen LogP contribution in [0.4, 0.5) is 0 Å². The molecule has 0 saturated carbocycles. The van der Waals surface area contributed by atoms with Gasteiger partial charge in [-0.3, -0.25) is 4.79 Å². The summed E-state index contributed by atoms with van der Waals surface area (Å²) >= 11 is 1.42. The number of amides is 1. The molecule has 0 spiro atoms. The molecular weight excluding hydrogens is 258 g/mol. The molecule has 4 heteroatoms. The minimum atomic E-state index is -0.563. The van der Waals surface area contributed by atoms with Crippen molar-refractivity contribution in [2.24, 2.45) is 0 Å². The van der Waals surface area contributed by atoms with Gasteiger partial charge in [0, 0.05) is 13.0 Å². The second-order valence-corrected chi connectivity index (χ2v) is 5.45. The third-order valence-corrected chi connectivity index (χ3v) is 3.81. The number of rotatable bonds is 5. The van der Waals surface area contributed by atoms with E-state index in [2.05, 4.69) is 5.32 Å². The molecule has 0 radical (unpaired) electrons. The van der Waals surface area contributed by atoms with Crippen molar-refractivity contribution in [1.82, 2.24) is 5.32 Å². The smallest absolute Gasteiger partial charge is 0.261 e. The molecule has 1 heterocycles. The zero-order valence-electron chi connectivity index (χ0n) is 10.8. The fourth-order valence-corrected chi connectivity index (χ4v) is 2.62. The van der Waals surface area contributed by atoms with Gasteiger partial charge in [0.2, 0.25) is 0 Å². The Morgan fingerprint density at radius 2 is 2.11 bits per heavy atom. The second kappa shape index (κ2) is 6.50. The Kier molecular flexibility index (Phi) is 4.71. The summed E-state index contributed by atoms with van der Waals surface area (Å²) in [6, 6.07) is 11.6. The Morgan fingerprint density at radius 1 is 1.37 bits per heavy atom. The Morgan fingerprint density at radius 3 is 2.74 bits per heavy atom. The number of aliphatic hydroxyl groups excluding tert-OH is 1. The van der Waals surface area contributed by atoms with E-state index in [1.807, 2.05) is 48.7 Å². The monoisotopic (exact) mass is 275 g/mol. The van der Waals surface area contributed by atoms with E-state index < -0.39 is 6.10 Å². The van der Waals surface area contributed by atoms with Gasteiger partial charge >= 0.3 is 0 Å². The molecule has 0 aliphatic rings. The van der Waals surface area contributed by atoms with E-state index in [9.17, 15) is 9.90 Å². The highest BCUT2D eigenvalue weighted by Crippen LogP contribution is 2.13. The molecule has 1 aromatic heterocycles. The van der Waals surface area contributed by atoms with E-state index in [1.165, 1.54) is 11.3 Å². The second-order valence-electron chi connectivity index (χ2n) is 4.54. The lowest BCUT2D eigenvalue weighted by Crippen LogP contribution is -2.32. The van der Waals surface area contributed by atoms with Crippen LogP contribution in [-0.2, 0) is 6.42 Å². The van der Waals surface area contributed by atoms with Crippen molar-refractivity contribution in [3.8, 4) is 0 Å². The molecule has 1 aromatic carbocycles. The maximum absolute atomic E-state index is 11.8. The largest absolute Gasteiger partial charge is 0.391 e. The SMILES string of the molecule is Cc1csc(C(=O)NC[C@H](O)Cc2ccccc2)c1. The Labute approximate surface area is 116 Å². The quantitative estimate of drug-likeness (QED) is 0.880. The van der Waals surface area contributed by atoms with Crippen LogP contribution < -0.4 is 5.32 Å². The number of aryl methyl sites for hydroxylation is 1. The van der Waals surface area contributed by atoms with Gasteiger partial charge in [-0.1, -0.05) is 30.3 Å². The van der Waals surface area contributed by atoms with Gasteiger partial charge in [0.15, 0.2) is 0 Å². The summed E-state index contributed by atoms with van der Waals surface area (Å²) in [7, 11) is 0. The molecule has 19 heavy (non-hydrogen) atoms. The number of benzene rings is 1. The van der Waals surface area contributed by atoms with Gasteiger partial charge in [0.05, 0.1) is 11.0 Å². The number of hydrogen-bond acceptors (Lipinski definition) is 3. The zero-order valence-corrected chi connectivity index (χ0v) is 11.6. The lowest BCUT2D eigenvalue weighted by molar-refractivity contribution is 0.0920. The van der Waals surface area contributed by atoms with Gasteiger partial charge in [-0.15, -0.1) is 11.3 Å². The Bertz CT molecular complexity index is 536. The van der Waals surface area contributed by atoms with Crippen LogP contribution in [-0.4, -0.2) is 23.7 Å². The van der Waals surface area contributed by atoms with E-state index in [4.69, 9.17) is 0 Å². The summed E-state index contributed by atoms with van der Waals surface area (Å²) in [6.45, 7) is 2.22. The van der Waals surface area contributed by atoms with E-state index in [1.54, 1.807) is 0 Å². The molecule has 0 bridgehead atoms. The fraction of sp³-hybridized carbons (Fsp3) is 0.267. The van der Waals surface area contributed by atoms with Gasteiger partial charge in [0.1, 0.15) is 0 Å². The van der Waals surface area contributed by atoms with Crippen LogP contribution in [0.3, 0.4) is 0 Å². The van der Waals surface area contributed by atoms with E-state index >= 15 is 0 Å². The lowest BCUT2D eigenvalue weighted by Gasteiger charge is -2.11. The third kappa shape index (κ3) is 4.19. The maximum atomic E-state index is 11.8. The topological polar surface area (TPSA) is 49.3 Å². The summed E-state index contributed by atoms with van der Waals surface area (Å²) in [4.78, 5) is 12.5. The predicted octanol–water partition coefficient (Wildman–Crippen LogP) is 2.39. The maximum Gasteiger partial charge on any atom is 0.261 e. The standard InChI is InChI=1S/C15H17NO2S/c1-11-7-14(19-10-11)15(18)16-9-13(17)8-12-5-3-2-4-6-12/h2-7,10,13,17H,8-9H2,1H3,(H,16,18)/t13-/m1/s1. The van der Waals surface area contributed by atoms with Crippen molar-refractivity contribution in [2.45, 2.75) is 19.4 Å². The number of hydrogen-bond donors (Lipinski definition) is 2. The van der Waals surface area contributed by atoms with Crippen LogP contribution in [0.5, 0.6) is 0 Å². The molecule has 0 saturated heterocycles. The highest BCUT2D eigenvalue weighted by Gasteiger charge is 2.10. The molecule has 2 N–H and O–H groups in total. The van der Waals surface area contributed by atoms with Gasteiger partial charge in [-0.2, -0.15) is 0 Å². The normalized spacial score (nSPS) is 12.1. The average Bonchev–Trinajstić information content (AvgIpc) is 2.84. The highest BCUT2D eigenvalue weighted by atomic mass is 32.1. The highest BCUT2D eigenvalue weighted by molar-refractivity contribution is 7.12. The lowest BCUT2D eigenvalue weighted by atomic mass is 10.1. The van der Waals surface area contributed by atoms with Gasteiger partial charge in [-0.25, -0.2) is 0 Å². The summed E-state index contributed by atoms with van der Waals surface area (Å²) in [5.74, 6) is -0.120. The zero-order chi connectivity index (χ0) is 13.7. The Balaban J connectivity index is 1.80. The van der Waals surface area contributed by atoms with E-state index in [-0.39, 0.29) is 12.5 Å². The molecule has 1 amide bonds. The first-order chi connectivity index (χ1) is 9.15. The van der Waals surface area contributed by atoms with Crippen LogP contribution in [0, 0.1) is 6.92 Å². The van der Waals surface area contributed by atoms with Crippen molar-refractivity contribution in [3.63, 3.8) is 0 Å². The fourth-order valence-electron chi connectivity index (χ4n) is 1.81. The predicted molar refractivity (Wildman–Crippen MR) is 77.5 cm³/mol. The number of thiophene rings is 1. The van der Waals surface area contributed by atoms with Crippen LogP contribution in [0.1, 0.15) is 20.8 Å². The number of nitrogens with one attached hydrogen (secondary N) is 1. The average molecular weight is 275 g/mol. The first-order valence-corrected chi connectivity index (χ1v) is 7.08. The van der Waals surface area contributed by atoms with Gasteiger partial charge < -0.3 is 10.4 Å². The first-order valence-electron chi connectivity index (χ1n) is 6.20. The molecule has 0 unspecified atom stereocenters. The van der Waals surface area contributed by atoms with Crippen LogP contribution in [0.25, 0.3) is 0 Å². The number of carbonyl (C=O) groups excluding carboxylic acids is 1. The summed E-state index contributed by atoms with van der Waals surface area (Å²) in [5.41, 5.74) is 2.15. The van der Waals surface area contributed by atoms with E-state index in [0.717, 1.165) is 11.1 Å². The molecule has 0 aliphatic carbocycles. The van der Waals surface area contributed by atoms with Crippen molar-refractivity contribution in [1.29, 1.82) is 0 Å².